The lowest BCUT2D eigenvalue weighted by molar-refractivity contribution is -0.142. The van der Waals surface area contributed by atoms with Crippen molar-refractivity contribution >= 4 is 27.5 Å². The zero-order chi connectivity index (χ0) is 23.2. The summed E-state index contributed by atoms with van der Waals surface area (Å²) in [4.78, 5) is 20.4. The largest absolute Gasteiger partial charge is 0.433 e. The van der Waals surface area contributed by atoms with E-state index in [1.54, 1.807) is 0 Å². The summed E-state index contributed by atoms with van der Waals surface area (Å²) in [5, 5.41) is 3.89. The van der Waals surface area contributed by atoms with E-state index in [2.05, 4.69) is 26.0 Å². The highest BCUT2D eigenvalue weighted by Gasteiger charge is 2.37. The van der Waals surface area contributed by atoms with Gasteiger partial charge in [-0.1, -0.05) is 12.1 Å². The molecule has 3 aromatic rings. The Bertz CT molecular complexity index is 1190. The molecule has 1 aliphatic heterocycles. The summed E-state index contributed by atoms with van der Waals surface area (Å²) >= 11 is 3.18. The fourth-order valence-corrected chi connectivity index (χ4v) is 4.13. The molecule has 2 aromatic heterocycles. The van der Waals surface area contributed by atoms with Crippen molar-refractivity contribution in [1.82, 2.24) is 24.4 Å². The average molecular weight is 518 g/mol. The number of hydrogen-bond acceptors (Lipinski definition) is 4. The first-order valence-electron chi connectivity index (χ1n) is 9.64. The molecule has 0 spiro atoms. The maximum absolute atomic E-state index is 13.9. The van der Waals surface area contributed by atoms with Gasteiger partial charge in [-0.2, -0.15) is 18.3 Å². The van der Waals surface area contributed by atoms with E-state index in [4.69, 9.17) is 0 Å². The summed E-state index contributed by atoms with van der Waals surface area (Å²) in [6.07, 6.45) is -4.67. The predicted molar refractivity (Wildman–Crippen MR) is 108 cm³/mol. The van der Waals surface area contributed by atoms with Crippen LogP contribution in [0.15, 0.2) is 28.7 Å². The number of benzene rings is 1. The van der Waals surface area contributed by atoms with E-state index >= 15 is 0 Å². The molecule has 0 aliphatic carbocycles. The van der Waals surface area contributed by atoms with Crippen LogP contribution in [-0.4, -0.2) is 56.5 Å². The van der Waals surface area contributed by atoms with Crippen molar-refractivity contribution in [3.63, 3.8) is 0 Å². The monoisotopic (exact) mass is 517 g/mol. The number of alkyl halides is 3. The SMILES string of the molecule is Cc1cc(C(F)(F)F)n2nc(C(=O)N3CCN(Cc4cccc(F)c4F)CC3)c(Br)c2n1. The lowest BCUT2D eigenvalue weighted by Crippen LogP contribution is -2.48. The molecule has 0 unspecified atom stereocenters. The van der Waals surface area contributed by atoms with Gasteiger partial charge in [0.15, 0.2) is 23.0 Å². The van der Waals surface area contributed by atoms with Crippen molar-refractivity contribution in [1.29, 1.82) is 0 Å². The van der Waals surface area contributed by atoms with Gasteiger partial charge in [-0.3, -0.25) is 9.69 Å². The molecule has 1 fully saturated rings. The van der Waals surface area contributed by atoms with Crippen molar-refractivity contribution in [3.8, 4) is 0 Å². The van der Waals surface area contributed by atoms with Gasteiger partial charge in [-0.05, 0) is 35.0 Å². The van der Waals surface area contributed by atoms with Crippen LogP contribution in [0.1, 0.15) is 27.4 Å². The molecule has 170 valence electrons. The highest BCUT2D eigenvalue weighted by Crippen LogP contribution is 2.32. The first-order valence-corrected chi connectivity index (χ1v) is 10.4. The maximum Gasteiger partial charge on any atom is 0.433 e. The maximum atomic E-state index is 13.9. The number of halogens is 6. The van der Waals surface area contributed by atoms with Gasteiger partial charge in [-0.15, -0.1) is 0 Å². The number of aromatic nitrogens is 3. The van der Waals surface area contributed by atoms with Crippen molar-refractivity contribution in [2.75, 3.05) is 26.2 Å². The first kappa shape index (κ1) is 22.6. The fraction of sp³-hybridized carbons (Fsp3) is 0.350. The summed E-state index contributed by atoms with van der Waals surface area (Å²) in [6, 6.07) is 4.84. The molecule has 0 atom stereocenters. The van der Waals surface area contributed by atoms with Gasteiger partial charge in [0.2, 0.25) is 0 Å². The van der Waals surface area contributed by atoms with Crippen LogP contribution in [0.4, 0.5) is 22.0 Å². The Labute approximate surface area is 187 Å². The molecule has 0 saturated carbocycles. The van der Waals surface area contributed by atoms with Crippen molar-refractivity contribution in [3.05, 3.63) is 63.0 Å². The van der Waals surface area contributed by atoms with Gasteiger partial charge in [0, 0.05) is 44.0 Å². The Morgan fingerprint density at radius 3 is 2.50 bits per heavy atom. The lowest BCUT2D eigenvalue weighted by atomic mass is 10.1. The molecule has 0 bridgehead atoms. The molecule has 1 aliphatic rings. The molecule has 12 heteroatoms. The standard InChI is InChI=1S/C20H17BrF5N5O/c1-11-9-14(20(24,25)26)31-18(27-11)15(21)17(28-31)19(32)30-7-5-29(6-8-30)10-12-3-2-4-13(22)16(12)23/h2-4,9H,5-8,10H2,1H3. The van der Waals surface area contributed by atoms with Gasteiger partial charge < -0.3 is 4.90 Å². The predicted octanol–water partition coefficient (Wildman–Crippen LogP) is 4.06. The molecular formula is C20H17BrF5N5O. The minimum atomic E-state index is -4.67. The number of rotatable bonds is 3. The molecule has 0 N–H and O–H groups in total. The normalized spacial score (nSPS) is 15.5. The minimum Gasteiger partial charge on any atom is -0.335 e. The molecule has 32 heavy (non-hydrogen) atoms. The zero-order valence-electron chi connectivity index (χ0n) is 16.8. The van der Waals surface area contributed by atoms with E-state index in [1.807, 2.05) is 4.90 Å². The fourth-order valence-electron chi connectivity index (χ4n) is 3.62. The number of piperazine rings is 1. The Morgan fingerprint density at radius 1 is 1.16 bits per heavy atom. The number of carbonyl (C=O) groups excluding carboxylic acids is 1. The summed E-state index contributed by atoms with van der Waals surface area (Å²) in [6.45, 7) is 2.90. The van der Waals surface area contributed by atoms with Gasteiger partial charge in [0.25, 0.3) is 5.91 Å². The van der Waals surface area contributed by atoms with Crippen molar-refractivity contribution in [2.45, 2.75) is 19.6 Å². The van der Waals surface area contributed by atoms with Gasteiger partial charge in [-0.25, -0.2) is 18.3 Å². The van der Waals surface area contributed by atoms with Gasteiger partial charge in [0.1, 0.15) is 5.69 Å². The zero-order valence-corrected chi connectivity index (χ0v) is 18.3. The third-order valence-electron chi connectivity index (χ3n) is 5.24. The average Bonchev–Trinajstić information content (AvgIpc) is 3.06. The van der Waals surface area contributed by atoms with Crippen molar-refractivity contribution < 1.29 is 26.7 Å². The highest BCUT2D eigenvalue weighted by molar-refractivity contribution is 9.10. The quantitative estimate of drug-likeness (QED) is 0.492. The molecule has 4 rings (SSSR count). The number of amides is 1. The second kappa shape index (κ2) is 8.39. The highest BCUT2D eigenvalue weighted by atomic mass is 79.9. The van der Waals surface area contributed by atoms with Crippen LogP contribution in [0, 0.1) is 18.6 Å². The van der Waals surface area contributed by atoms with E-state index in [1.165, 1.54) is 24.0 Å². The van der Waals surface area contributed by atoms with Crippen LogP contribution in [0.25, 0.3) is 5.65 Å². The number of fused-ring (bicyclic) bond motifs is 1. The number of nitrogens with zero attached hydrogens (tertiary/aromatic N) is 5. The molecule has 1 amide bonds. The summed E-state index contributed by atoms with van der Waals surface area (Å²) in [5.41, 5.74) is -0.933. The van der Waals surface area contributed by atoms with Crippen LogP contribution < -0.4 is 0 Å². The van der Waals surface area contributed by atoms with Crippen LogP contribution in [0.5, 0.6) is 0 Å². The number of aryl methyl sites for hydroxylation is 1. The molecule has 6 nitrogen and oxygen atoms in total. The topological polar surface area (TPSA) is 53.7 Å². The Morgan fingerprint density at radius 2 is 1.84 bits per heavy atom. The van der Waals surface area contributed by atoms with Crippen LogP contribution in [0.3, 0.4) is 0 Å². The van der Waals surface area contributed by atoms with E-state index in [9.17, 15) is 26.7 Å². The lowest BCUT2D eigenvalue weighted by Gasteiger charge is -2.34. The third-order valence-corrected chi connectivity index (χ3v) is 5.97. The van der Waals surface area contributed by atoms with Gasteiger partial charge >= 0.3 is 6.18 Å². The van der Waals surface area contributed by atoms with E-state index in [0.29, 0.717) is 17.6 Å². The van der Waals surface area contributed by atoms with E-state index < -0.39 is 29.4 Å². The smallest absolute Gasteiger partial charge is 0.335 e. The first-order chi connectivity index (χ1) is 15.1. The Hall–Kier alpha value is -2.60. The molecular weight excluding hydrogens is 501 g/mol. The Kier molecular flexibility index (Phi) is 5.93. The van der Waals surface area contributed by atoms with Crippen molar-refractivity contribution in [2.24, 2.45) is 0 Å². The van der Waals surface area contributed by atoms with Crippen LogP contribution >= 0.6 is 15.9 Å². The van der Waals surface area contributed by atoms with Crippen LogP contribution in [0.2, 0.25) is 0 Å². The number of carbonyl (C=O) groups is 1. The van der Waals surface area contributed by atoms with Gasteiger partial charge in [0.05, 0.1) is 4.47 Å². The second-order valence-electron chi connectivity index (χ2n) is 7.46. The third kappa shape index (κ3) is 4.20. The van der Waals surface area contributed by atoms with Crippen LogP contribution in [-0.2, 0) is 12.7 Å². The Balaban J connectivity index is 1.52. The minimum absolute atomic E-state index is 0.0842. The molecule has 0 radical (unpaired) electrons. The molecule has 3 heterocycles. The van der Waals surface area contributed by atoms with E-state index in [0.717, 1.165) is 12.1 Å². The molecule has 1 aromatic carbocycles. The summed E-state index contributed by atoms with van der Waals surface area (Å²) in [7, 11) is 0. The summed E-state index contributed by atoms with van der Waals surface area (Å²) in [5.74, 6) is -2.36. The summed E-state index contributed by atoms with van der Waals surface area (Å²) < 4.78 is 68.3. The molecule has 1 saturated heterocycles. The second-order valence-corrected chi connectivity index (χ2v) is 8.25. The van der Waals surface area contributed by atoms with E-state index in [-0.39, 0.29) is 46.7 Å². The number of hydrogen-bond donors (Lipinski definition) is 0.